The molecule has 0 aliphatic rings. The van der Waals surface area contributed by atoms with Crippen LogP contribution in [0.5, 0.6) is 11.5 Å². The van der Waals surface area contributed by atoms with Crippen LogP contribution in [0.25, 0.3) is 10.8 Å². The summed E-state index contributed by atoms with van der Waals surface area (Å²) in [7, 11) is 1.60. The predicted octanol–water partition coefficient (Wildman–Crippen LogP) is 4.14. The topological polar surface area (TPSA) is 59.9 Å². The molecular weight excluding hydrogens is 396 g/mol. The molecule has 3 aromatic carbocycles. The molecule has 1 amide bonds. The Morgan fingerprint density at radius 3 is 2.73 bits per heavy atom. The molecule has 0 unspecified atom stereocenters. The van der Waals surface area contributed by atoms with Crippen LogP contribution in [0.3, 0.4) is 0 Å². The predicted molar refractivity (Wildman–Crippen MR) is 106 cm³/mol. The van der Waals surface area contributed by atoms with Crippen LogP contribution in [0, 0.1) is 0 Å². The SMILES string of the molecule is COc1cccc(C=NNC(=O)COc2ccc3cc(Br)ccc3c2)c1. The van der Waals surface area contributed by atoms with Crippen LogP contribution in [0.1, 0.15) is 5.56 Å². The minimum Gasteiger partial charge on any atom is -0.497 e. The molecule has 3 rings (SSSR count). The van der Waals surface area contributed by atoms with Gasteiger partial charge in [0.15, 0.2) is 6.61 Å². The molecule has 132 valence electrons. The van der Waals surface area contributed by atoms with Crippen molar-refractivity contribution in [2.24, 2.45) is 5.10 Å². The molecule has 0 heterocycles. The highest BCUT2D eigenvalue weighted by Crippen LogP contribution is 2.24. The van der Waals surface area contributed by atoms with E-state index in [1.807, 2.05) is 60.7 Å². The molecule has 0 fully saturated rings. The molecule has 0 saturated carbocycles. The van der Waals surface area contributed by atoms with Crippen molar-refractivity contribution in [2.75, 3.05) is 13.7 Å². The van der Waals surface area contributed by atoms with Gasteiger partial charge in [-0.05, 0) is 52.7 Å². The van der Waals surface area contributed by atoms with Gasteiger partial charge in [0, 0.05) is 4.47 Å². The van der Waals surface area contributed by atoms with E-state index >= 15 is 0 Å². The van der Waals surface area contributed by atoms with Crippen LogP contribution in [-0.4, -0.2) is 25.8 Å². The van der Waals surface area contributed by atoms with E-state index < -0.39 is 0 Å². The number of nitrogens with one attached hydrogen (secondary N) is 1. The van der Waals surface area contributed by atoms with E-state index in [2.05, 4.69) is 26.5 Å². The van der Waals surface area contributed by atoms with Crippen molar-refractivity contribution < 1.29 is 14.3 Å². The number of carbonyl (C=O) groups excluding carboxylic acids is 1. The maximum Gasteiger partial charge on any atom is 0.277 e. The van der Waals surface area contributed by atoms with Gasteiger partial charge in [-0.25, -0.2) is 5.43 Å². The van der Waals surface area contributed by atoms with Crippen molar-refractivity contribution in [3.8, 4) is 11.5 Å². The first-order chi connectivity index (χ1) is 12.6. The van der Waals surface area contributed by atoms with Gasteiger partial charge in [-0.2, -0.15) is 5.10 Å². The largest absolute Gasteiger partial charge is 0.497 e. The van der Waals surface area contributed by atoms with Gasteiger partial charge in [-0.3, -0.25) is 4.79 Å². The van der Waals surface area contributed by atoms with E-state index in [0.717, 1.165) is 26.6 Å². The molecule has 0 spiro atoms. The highest BCUT2D eigenvalue weighted by atomic mass is 79.9. The molecule has 0 aliphatic carbocycles. The maximum absolute atomic E-state index is 11.9. The summed E-state index contributed by atoms with van der Waals surface area (Å²) in [5.74, 6) is 1.03. The lowest BCUT2D eigenvalue weighted by atomic mass is 10.1. The number of carbonyl (C=O) groups is 1. The summed E-state index contributed by atoms with van der Waals surface area (Å²) in [6.45, 7) is -0.114. The van der Waals surface area contributed by atoms with Gasteiger partial charge in [0.1, 0.15) is 11.5 Å². The first kappa shape index (κ1) is 17.9. The molecule has 0 aromatic heterocycles. The van der Waals surface area contributed by atoms with E-state index in [0.29, 0.717) is 5.75 Å². The molecule has 6 heteroatoms. The van der Waals surface area contributed by atoms with Crippen LogP contribution in [-0.2, 0) is 4.79 Å². The Hall–Kier alpha value is -2.86. The fourth-order valence-electron chi connectivity index (χ4n) is 2.37. The number of methoxy groups -OCH3 is 1. The second kappa shape index (κ2) is 8.49. The first-order valence-corrected chi connectivity index (χ1v) is 8.71. The van der Waals surface area contributed by atoms with E-state index in [1.54, 1.807) is 13.3 Å². The van der Waals surface area contributed by atoms with Gasteiger partial charge in [0.25, 0.3) is 5.91 Å². The number of benzene rings is 3. The number of amides is 1. The normalized spacial score (nSPS) is 10.8. The lowest BCUT2D eigenvalue weighted by Crippen LogP contribution is -2.24. The molecule has 0 aliphatic heterocycles. The number of halogens is 1. The average molecular weight is 413 g/mol. The van der Waals surface area contributed by atoms with Crippen LogP contribution >= 0.6 is 15.9 Å². The minimum atomic E-state index is -0.333. The summed E-state index contributed by atoms with van der Waals surface area (Å²) < 4.78 is 11.7. The molecule has 0 saturated heterocycles. The van der Waals surface area contributed by atoms with Gasteiger partial charge in [0.2, 0.25) is 0 Å². The Labute approximate surface area is 159 Å². The Morgan fingerprint density at radius 2 is 1.88 bits per heavy atom. The second-order valence-corrected chi connectivity index (χ2v) is 6.43. The van der Waals surface area contributed by atoms with Gasteiger partial charge < -0.3 is 9.47 Å². The van der Waals surface area contributed by atoms with E-state index in [4.69, 9.17) is 9.47 Å². The number of hydrazone groups is 1. The summed E-state index contributed by atoms with van der Waals surface area (Å²) in [5, 5.41) is 6.06. The smallest absolute Gasteiger partial charge is 0.277 e. The number of hydrogen-bond donors (Lipinski definition) is 1. The highest BCUT2D eigenvalue weighted by molar-refractivity contribution is 9.10. The molecular formula is C20H17BrN2O3. The number of ether oxygens (including phenoxy) is 2. The summed E-state index contributed by atoms with van der Waals surface area (Å²) in [4.78, 5) is 11.9. The number of fused-ring (bicyclic) bond motifs is 1. The second-order valence-electron chi connectivity index (χ2n) is 5.51. The first-order valence-electron chi connectivity index (χ1n) is 7.92. The quantitative estimate of drug-likeness (QED) is 0.488. The Balaban J connectivity index is 1.53. The van der Waals surface area contributed by atoms with Crippen molar-refractivity contribution in [1.29, 1.82) is 0 Å². The summed E-state index contributed by atoms with van der Waals surface area (Å²) in [6, 6.07) is 19.0. The van der Waals surface area contributed by atoms with Gasteiger partial charge >= 0.3 is 0 Å². The van der Waals surface area contributed by atoms with Crippen LogP contribution in [0.2, 0.25) is 0 Å². The Kier molecular flexibility index (Phi) is 5.86. The zero-order chi connectivity index (χ0) is 18.4. The van der Waals surface area contributed by atoms with Gasteiger partial charge in [0.05, 0.1) is 13.3 Å². The van der Waals surface area contributed by atoms with Crippen molar-refractivity contribution >= 4 is 38.8 Å². The Bertz CT molecular complexity index is 957. The van der Waals surface area contributed by atoms with E-state index in [9.17, 15) is 4.79 Å². The zero-order valence-corrected chi connectivity index (χ0v) is 15.7. The van der Waals surface area contributed by atoms with Crippen molar-refractivity contribution in [3.63, 3.8) is 0 Å². The summed E-state index contributed by atoms with van der Waals surface area (Å²) in [6.07, 6.45) is 1.55. The Morgan fingerprint density at radius 1 is 1.08 bits per heavy atom. The number of hydrogen-bond acceptors (Lipinski definition) is 4. The van der Waals surface area contributed by atoms with Gasteiger partial charge in [-0.1, -0.05) is 40.2 Å². The molecule has 1 N–H and O–H groups in total. The summed E-state index contributed by atoms with van der Waals surface area (Å²) >= 11 is 3.45. The molecule has 0 bridgehead atoms. The fraction of sp³-hybridized carbons (Fsp3) is 0.100. The van der Waals surface area contributed by atoms with Crippen LogP contribution in [0.4, 0.5) is 0 Å². The third-order valence-electron chi connectivity index (χ3n) is 3.64. The minimum absolute atomic E-state index is 0.114. The number of rotatable bonds is 6. The average Bonchev–Trinajstić information content (AvgIpc) is 2.66. The van der Waals surface area contributed by atoms with Crippen molar-refractivity contribution in [3.05, 3.63) is 70.7 Å². The molecule has 26 heavy (non-hydrogen) atoms. The molecule has 0 radical (unpaired) electrons. The third kappa shape index (κ3) is 4.83. The molecule has 3 aromatic rings. The number of nitrogens with zero attached hydrogens (tertiary/aromatic N) is 1. The zero-order valence-electron chi connectivity index (χ0n) is 14.1. The molecule has 0 atom stereocenters. The summed E-state index contributed by atoms with van der Waals surface area (Å²) in [5.41, 5.74) is 3.27. The molecule has 5 nitrogen and oxygen atoms in total. The van der Waals surface area contributed by atoms with E-state index in [-0.39, 0.29) is 12.5 Å². The monoisotopic (exact) mass is 412 g/mol. The fourth-order valence-corrected chi connectivity index (χ4v) is 2.75. The van der Waals surface area contributed by atoms with Crippen LogP contribution in [0.15, 0.2) is 70.2 Å². The van der Waals surface area contributed by atoms with Crippen molar-refractivity contribution in [2.45, 2.75) is 0 Å². The van der Waals surface area contributed by atoms with Gasteiger partial charge in [-0.15, -0.1) is 0 Å². The lowest BCUT2D eigenvalue weighted by molar-refractivity contribution is -0.123. The van der Waals surface area contributed by atoms with Crippen molar-refractivity contribution in [1.82, 2.24) is 5.43 Å². The lowest BCUT2D eigenvalue weighted by Gasteiger charge is -2.06. The van der Waals surface area contributed by atoms with Crippen LogP contribution < -0.4 is 14.9 Å². The maximum atomic E-state index is 11.9. The standard InChI is InChI=1S/C20H17BrN2O3/c1-25-18-4-2-3-14(9-18)12-22-23-20(24)13-26-19-8-6-15-10-17(21)7-5-16(15)11-19/h2-12H,13H2,1H3,(H,23,24). The third-order valence-corrected chi connectivity index (χ3v) is 4.13. The highest BCUT2D eigenvalue weighted by Gasteiger charge is 2.03. The van der Waals surface area contributed by atoms with E-state index in [1.165, 1.54) is 0 Å².